The van der Waals surface area contributed by atoms with Crippen molar-refractivity contribution in [3.05, 3.63) is 35.3 Å². The van der Waals surface area contributed by atoms with Crippen LogP contribution in [0.15, 0.2) is 24.4 Å². The van der Waals surface area contributed by atoms with Crippen molar-refractivity contribution in [2.24, 2.45) is 5.84 Å². The summed E-state index contributed by atoms with van der Waals surface area (Å²) in [5, 5.41) is 16.8. The van der Waals surface area contributed by atoms with Crippen LogP contribution in [0.25, 0.3) is 0 Å². The number of pyridine rings is 1. The summed E-state index contributed by atoms with van der Waals surface area (Å²) in [6, 6.07) is 4.96. The van der Waals surface area contributed by atoms with Crippen LogP contribution in [0.1, 0.15) is 5.69 Å². The number of hydrogen-bond acceptors (Lipinski definition) is 4. The Morgan fingerprint density at radius 1 is 1.64 bits per heavy atom. The van der Waals surface area contributed by atoms with Gasteiger partial charge < -0.3 is 5.21 Å². The van der Waals surface area contributed by atoms with E-state index in [9.17, 15) is 5.21 Å². The lowest BCUT2D eigenvalue weighted by Crippen LogP contribution is -3.15. The molecule has 1 unspecified atom stereocenters. The number of amidine groups is 1. The van der Waals surface area contributed by atoms with E-state index in [4.69, 9.17) is 11.3 Å². The molecule has 1 heterocycles. The van der Waals surface area contributed by atoms with Crippen LogP contribution < -0.4 is 11.0 Å². The highest BCUT2D eigenvalue weighted by Crippen LogP contribution is 1.88. The summed E-state index contributed by atoms with van der Waals surface area (Å²) in [5.41, 5.74) is 0.306. The summed E-state index contributed by atoms with van der Waals surface area (Å²) in [6.45, 7) is 0. The van der Waals surface area contributed by atoms with Crippen LogP contribution in [0.3, 0.4) is 0 Å². The molecule has 1 rings (SSSR count). The molecule has 5 nitrogen and oxygen atoms in total. The number of nitrogens with zero attached hydrogens (tertiary/aromatic N) is 1. The van der Waals surface area contributed by atoms with E-state index in [1.165, 1.54) is 6.20 Å². The fourth-order valence-corrected chi connectivity index (χ4v) is 0.637. The van der Waals surface area contributed by atoms with Crippen LogP contribution >= 0.6 is 0 Å². The molecule has 0 aliphatic heterocycles. The maximum absolute atomic E-state index is 10.5. The van der Waals surface area contributed by atoms with Crippen molar-refractivity contribution < 1.29 is 5.17 Å². The zero-order valence-corrected chi connectivity index (χ0v) is 5.74. The molecule has 0 aliphatic rings. The molecule has 1 aromatic rings. The molecule has 0 saturated heterocycles. The van der Waals surface area contributed by atoms with Crippen molar-refractivity contribution in [1.29, 1.82) is 5.41 Å². The lowest BCUT2D eigenvalue weighted by atomic mass is 10.3. The van der Waals surface area contributed by atoms with E-state index < -0.39 is 5.17 Å². The maximum Gasteiger partial charge on any atom is 0.264 e. The Morgan fingerprint density at radius 2 is 2.36 bits per heavy atom. The molecule has 0 fully saturated rings. The number of nitrogens with one attached hydrogen (secondary N) is 2. The van der Waals surface area contributed by atoms with E-state index in [0.717, 1.165) is 0 Å². The zero-order valence-electron chi connectivity index (χ0n) is 5.74. The van der Waals surface area contributed by atoms with Crippen LogP contribution in [0.5, 0.6) is 0 Å². The predicted molar refractivity (Wildman–Crippen MR) is 39.6 cm³/mol. The second-order valence-corrected chi connectivity index (χ2v) is 1.95. The van der Waals surface area contributed by atoms with Gasteiger partial charge in [-0.1, -0.05) is 6.07 Å². The van der Waals surface area contributed by atoms with Crippen molar-refractivity contribution in [3.8, 4) is 0 Å². The van der Waals surface area contributed by atoms with E-state index in [0.29, 0.717) is 5.69 Å². The molecule has 11 heavy (non-hydrogen) atoms. The quantitative estimate of drug-likeness (QED) is 0.201. The molecular formula is C6H8N4O. The highest BCUT2D eigenvalue weighted by molar-refractivity contribution is 5.86. The van der Waals surface area contributed by atoms with Crippen LogP contribution in [0.2, 0.25) is 0 Å². The third-order valence-corrected chi connectivity index (χ3v) is 1.17. The molecule has 0 saturated carbocycles. The zero-order chi connectivity index (χ0) is 8.27. The first-order valence-electron chi connectivity index (χ1n) is 3.01. The fourth-order valence-electron chi connectivity index (χ4n) is 0.637. The number of rotatable bonds is 1. The van der Waals surface area contributed by atoms with Crippen molar-refractivity contribution in [1.82, 2.24) is 4.98 Å². The lowest BCUT2D eigenvalue weighted by Gasteiger charge is -2.13. The second-order valence-electron chi connectivity index (χ2n) is 1.95. The highest BCUT2D eigenvalue weighted by Gasteiger charge is 2.05. The molecule has 0 aromatic carbocycles. The van der Waals surface area contributed by atoms with Crippen molar-refractivity contribution in [3.63, 3.8) is 0 Å². The number of hydrogen-bond donors (Lipinski definition) is 3. The van der Waals surface area contributed by atoms with Gasteiger partial charge in [-0.25, -0.2) is 15.6 Å². The average molecular weight is 152 g/mol. The first kappa shape index (κ1) is 7.80. The minimum atomic E-state index is -0.760. The molecule has 5 heteroatoms. The largest absolute Gasteiger partial charge is 0.607 e. The Kier molecular flexibility index (Phi) is 2.27. The van der Waals surface area contributed by atoms with Gasteiger partial charge in [0.1, 0.15) is 5.69 Å². The first-order valence-corrected chi connectivity index (χ1v) is 3.01. The van der Waals surface area contributed by atoms with E-state index in [-0.39, 0.29) is 5.84 Å². The van der Waals surface area contributed by atoms with Gasteiger partial charge in [0, 0.05) is 6.20 Å². The van der Waals surface area contributed by atoms with Gasteiger partial charge in [0.25, 0.3) is 5.84 Å². The molecule has 0 aliphatic carbocycles. The van der Waals surface area contributed by atoms with Crippen LogP contribution in [0, 0.1) is 10.6 Å². The number of quaternary nitrogens is 1. The van der Waals surface area contributed by atoms with E-state index >= 15 is 0 Å². The SMILES string of the molecule is N=C(c1ccccn1)[NH+](N)[O-]. The standard InChI is InChI=1S/C6H8N4O/c7-6(10(8)11)5-3-1-2-4-9-5/h1-4,7,10H,8H2. The Labute approximate surface area is 63.5 Å². The van der Waals surface area contributed by atoms with Crippen LogP contribution in [-0.4, -0.2) is 10.8 Å². The molecular weight excluding hydrogens is 144 g/mol. The van der Waals surface area contributed by atoms with E-state index in [2.05, 4.69) is 4.98 Å². The van der Waals surface area contributed by atoms with Gasteiger partial charge >= 0.3 is 0 Å². The predicted octanol–water partition coefficient (Wildman–Crippen LogP) is -1.34. The average Bonchev–Trinajstić information content (AvgIpc) is 2.05. The smallest absolute Gasteiger partial charge is 0.264 e. The summed E-state index contributed by atoms with van der Waals surface area (Å²) in [5.74, 6) is 4.61. The van der Waals surface area contributed by atoms with Gasteiger partial charge in [-0.15, -0.1) is 0 Å². The Hall–Kier alpha value is -1.30. The molecule has 58 valence electrons. The summed E-state index contributed by atoms with van der Waals surface area (Å²) < 4.78 is 0. The van der Waals surface area contributed by atoms with Crippen molar-refractivity contribution >= 4 is 5.84 Å². The van der Waals surface area contributed by atoms with Crippen molar-refractivity contribution in [2.45, 2.75) is 0 Å². The van der Waals surface area contributed by atoms with E-state index in [1.807, 2.05) is 0 Å². The Balaban J connectivity index is 2.86. The normalized spacial score (nSPS) is 12.5. The fraction of sp³-hybridized carbons (Fsp3) is 0. The van der Waals surface area contributed by atoms with E-state index in [1.54, 1.807) is 18.2 Å². The molecule has 0 radical (unpaired) electrons. The third-order valence-electron chi connectivity index (χ3n) is 1.17. The molecule has 0 bridgehead atoms. The molecule has 4 N–H and O–H groups in total. The Morgan fingerprint density at radius 3 is 2.82 bits per heavy atom. The van der Waals surface area contributed by atoms with Gasteiger partial charge in [0.05, 0.1) is 0 Å². The van der Waals surface area contributed by atoms with Crippen LogP contribution in [-0.2, 0) is 0 Å². The van der Waals surface area contributed by atoms with Gasteiger partial charge in [0.2, 0.25) is 0 Å². The Bertz CT molecular complexity index is 246. The monoisotopic (exact) mass is 152 g/mol. The van der Waals surface area contributed by atoms with Crippen molar-refractivity contribution in [2.75, 3.05) is 0 Å². The van der Waals surface area contributed by atoms with Gasteiger partial charge in [-0.05, 0) is 12.1 Å². The molecule has 1 atom stereocenters. The maximum atomic E-state index is 10.5. The summed E-state index contributed by atoms with van der Waals surface area (Å²) >= 11 is 0. The number of nitrogens with two attached hydrogens (primary N) is 1. The molecule has 0 spiro atoms. The number of hydroxylamine groups is 1. The first-order chi connectivity index (χ1) is 5.22. The topological polar surface area (TPSA) is 90.3 Å². The van der Waals surface area contributed by atoms with Gasteiger partial charge in [-0.3, -0.25) is 0 Å². The minimum absolute atomic E-state index is 0.259. The highest BCUT2D eigenvalue weighted by atomic mass is 16.5. The summed E-state index contributed by atoms with van der Waals surface area (Å²) in [6.07, 6.45) is 1.51. The van der Waals surface area contributed by atoms with Gasteiger partial charge in [0.15, 0.2) is 0 Å². The minimum Gasteiger partial charge on any atom is -0.607 e. The molecule has 0 amide bonds. The summed E-state index contributed by atoms with van der Waals surface area (Å²) in [4.78, 5) is 3.77. The summed E-state index contributed by atoms with van der Waals surface area (Å²) in [7, 11) is 0. The third kappa shape index (κ3) is 1.81. The second kappa shape index (κ2) is 3.20. The van der Waals surface area contributed by atoms with Crippen LogP contribution in [0.4, 0.5) is 0 Å². The van der Waals surface area contributed by atoms with Gasteiger partial charge in [-0.2, -0.15) is 5.84 Å². The molecule has 1 aromatic heterocycles. The number of aromatic nitrogens is 1. The lowest BCUT2D eigenvalue weighted by molar-refractivity contribution is -0.761.